The molecule has 0 aliphatic carbocycles. The summed E-state index contributed by atoms with van der Waals surface area (Å²) in [6, 6.07) is 15.3. The zero-order valence-electron chi connectivity index (χ0n) is 19.5. The maximum atomic E-state index is 12.8. The van der Waals surface area contributed by atoms with Crippen LogP contribution in [0.3, 0.4) is 0 Å². The Morgan fingerprint density at radius 2 is 1.83 bits per heavy atom. The van der Waals surface area contributed by atoms with E-state index in [1.54, 1.807) is 18.2 Å². The number of amides is 2. The highest BCUT2D eigenvalue weighted by Crippen LogP contribution is 2.34. The first-order valence-electron chi connectivity index (χ1n) is 11.7. The molecule has 9 nitrogen and oxygen atoms in total. The standard InChI is InChI=1S/C25H27N5O4S/c1-2-30-23(17-6-4-3-5-7-17)27-28-25(30)35-15-22(31)29-12-10-18(11-13-29)24(32)26-19-8-9-20-21(14-19)34-16-33-20/h3-9,14,18H,2,10-13,15-16H2,1H3,(H,26,32). The molecular formula is C25H27N5O4S. The predicted octanol–water partition coefficient (Wildman–Crippen LogP) is 3.66. The Labute approximate surface area is 207 Å². The van der Waals surface area contributed by atoms with Crippen molar-refractivity contribution in [3.63, 3.8) is 0 Å². The molecule has 1 saturated heterocycles. The van der Waals surface area contributed by atoms with Crippen LogP contribution in [0.25, 0.3) is 11.4 Å². The molecule has 0 spiro atoms. The molecule has 0 bridgehead atoms. The Hall–Kier alpha value is -3.53. The SMILES string of the molecule is CCn1c(SCC(=O)N2CCC(C(=O)Nc3ccc4c(c3)OCO4)CC2)nnc1-c1ccccc1. The summed E-state index contributed by atoms with van der Waals surface area (Å²) in [5.41, 5.74) is 1.69. The molecule has 0 saturated carbocycles. The number of likely N-dealkylation sites (tertiary alicyclic amines) is 1. The third-order valence-corrected chi connectivity index (χ3v) is 7.20. The molecular weight excluding hydrogens is 466 g/mol. The van der Waals surface area contributed by atoms with Gasteiger partial charge in [0, 0.05) is 42.9 Å². The third kappa shape index (κ3) is 5.12. The average Bonchev–Trinajstić information content (AvgIpc) is 3.54. The first-order chi connectivity index (χ1) is 17.1. The Balaban J connectivity index is 1.12. The molecule has 2 aliphatic rings. The van der Waals surface area contributed by atoms with E-state index in [4.69, 9.17) is 9.47 Å². The maximum absolute atomic E-state index is 12.8. The van der Waals surface area contributed by atoms with E-state index in [2.05, 4.69) is 15.5 Å². The number of nitrogens with zero attached hydrogens (tertiary/aromatic N) is 4. The third-order valence-electron chi connectivity index (χ3n) is 6.25. The fourth-order valence-electron chi connectivity index (χ4n) is 4.31. The van der Waals surface area contributed by atoms with Crippen molar-refractivity contribution in [1.29, 1.82) is 0 Å². The zero-order valence-corrected chi connectivity index (χ0v) is 20.3. The van der Waals surface area contributed by atoms with Crippen molar-refractivity contribution in [3.05, 3.63) is 48.5 Å². The number of fused-ring (bicyclic) bond motifs is 1. The van der Waals surface area contributed by atoms with Gasteiger partial charge in [-0.1, -0.05) is 42.1 Å². The Bertz CT molecular complexity index is 1210. The number of carbonyl (C=O) groups is 2. The fraction of sp³-hybridized carbons (Fsp3) is 0.360. The van der Waals surface area contributed by atoms with Gasteiger partial charge in [0.25, 0.3) is 0 Å². The smallest absolute Gasteiger partial charge is 0.233 e. The lowest BCUT2D eigenvalue weighted by Crippen LogP contribution is -2.42. The predicted molar refractivity (Wildman–Crippen MR) is 132 cm³/mol. The molecule has 0 unspecified atom stereocenters. The number of rotatable bonds is 7. The largest absolute Gasteiger partial charge is 0.454 e. The molecule has 3 heterocycles. The number of piperidine rings is 1. The van der Waals surface area contributed by atoms with Crippen molar-refractivity contribution in [2.45, 2.75) is 31.5 Å². The molecule has 0 radical (unpaired) electrons. The van der Waals surface area contributed by atoms with Gasteiger partial charge >= 0.3 is 0 Å². The molecule has 10 heteroatoms. The van der Waals surface area contributed by atoms with Gasteiger partial charge in [-0.25, -0.2) is 0 Å². The lowest BCUT2D eigenvalue weighted by atomic mass is 9.96. The van der Waals surface area contributed by atoms with E-state index in [-0.39, 0.29) is 24.5 Å². The molecule has 1 aromatic heterocycles. The molecule has 2 amide bonds. The van der Waals surface area contributed by atoms with Gasteiger partial charge in [0.2, 0.25) is 18.6 Å². The fourth-order valence-corrected chi connectivity index (χ4v) is 5.21. The summed E-state index contributed by atoms with van der Waals surface area (Å²) in [5, 5.41) is 12.3. The number of hydrogen-bond donors (Lipinski definition) is 1. The second-order valence-electron chi connectivity index (χ2n) is 8.42. The minimum atomic E-state index is -0.131. The summed E-state index contributed by atoms with van der Waals surface area (Å²) in [6.07, 6.45) is 1.27. The summed E-state index contributed by atoms with van der Waals surface area (Å²) in [7, 11) is 0. The van der Waals surface area contributed by atoms with E-state index in [0.29, 0.717) is 48.9 Å². The lowest BCUT2D eigenvalue weighted by Gasteiger charge is -2.31. The molecule has 2 aliphatic heterocycles. The first-order valence-corrected chi connectivity index (χ1v) is 12.7. The molecule has 5 rings (SSSR count). The maximum Gasteiger partial charge on any atom is 0.233 e. The zero-order chi connectivity index (χ0) is 24.2. The lowest BCUT2D eigenvalue weighted by molar-refractivity contribution is -0.132. The van der Waals surface area contributed by atoms with Crippen LogP contribution in [0.1, 0.15) is 19.8 Å². The van der Waals surface area contributed by atoms with Crippen molar-refractivity contribution >= 4 is 29.3 Å². The number of aromatic nitrogens is 3. The van der Waals surface area contributed by atoms with Gasteiger partial charge in [-0.05, 0) is 31.9 Å². The van der Waals surface area contributed by atoms with Crippen LogP contribution >= 0.6 is 11.8 Å². The van der Waals surface area contributed by atoms with Crippen LogP contribution in [0.5, 0.6) is 11.5 Å². The minimum absolute atomic E-state index is 0.0326. The Kier molecular flexibility index (Phi) is 6.89. The molecule has 0 atom stereocenters. The second-order valence-corrected chi connectivity index (χ2v) is 9.36. The van der Waals surface area contributed by atoms with Crippen LogP contribution in [-0.4, -0.2) is 57.1 Å². The molecule has 2 aromatic carbocycles. The number of thioether (sulfide) groups is 1. The Morgan fingerprint density at radius 1 is 1.06 bits per heavy atom. The quantitative estimate of drug-likeness (QED) is 0.502. The number of nitrogens with one attached hydrogen (secondary N) is 1. The summed E-state index contributed by atoms with van der Waals surface area (Å²) in [5.74, 6) is 2.30. The molecule has 182 valence electrons. The Morgan fingerprint density at radius 3 is 2.60 bits per heavy atom. The van der Waals surface area contributed by atoms with Crippen molar-refractivity contribution < 1.29 is 19.1 Å². The van der Waals surface area contributed by atoms with Crippen LogP contribution in [-0.2, 0) is 16.1 Å². The van der Waals surface area contributed by atoms with E-state index in [9.17, 15) is 9.59 Å². The van der Waals surface area contributed by atoms with Gasteiger partial charge in [0.15, 0.2) is 22.5 Å². The minimum Gasteiger partial charge on any atom is -0.454 e. The summed E-state index contributed by atoms with van der Waals surface area (Å²) in [4.78, 5) is 27.4. The van der Waals surface area contributed by atoms with Crippen LogP contribution in [0.2, 0.25) is 0 Å². The second kappa shape index (κ2) is 10.4. The van der Waals surface area contributed by atoms with Gasteiger partial charge < -0.3 is 24.3 Å². The highest BCUT2D eigenvalue weighted by atomic mass is 32.2. The normalized spacial score (nSPS) is 15.3. The van der Waals surface area contributed by atoms with E-state index in [1.165, 1.54) is 11.8 Å². The first kappa shape index (κ1) is 23.2. The van der Waals surface area contributed by atoms with Gasteiger partial charge in [-0.15, -0.1) is 10.2 Å². The average molecular weight is 494 g/mol. The summed E-state index contributed by atoms with van der Waals surface area (Å²) < 4.78 is 12.7. The van der Waals surface area contributed by atoms with Crippen LogP contribution in [0, 0.1) is 5.92 Å². The van der Waals surface area contributed by atoms with E-state index in [1.807, 2.05) is 46.7 Å². The van der Waals surface area contributed by atoms with Crippen molar-refractivity contribution in [2.24, 2.45) is 5.92 Å². The van der Waals surface area contributed by atoms with Crippen molar-refractivity contribution in [3.8, 4) is 22.9 Å². The van der Waals surface area contributed by atoms with Crippen molar-refractivity contribution in [1.82, 2.24) is 19.7 Å². The summed E-state index contributed by atoms with van der Waals surface area (Å²) in [6.45, 7) is 4.09. The van der Waals surface area contributed by atoms with Crippen LogP contribution < -0.4 is 14.8 Å². The number of ether oxygens (including phenoxy) is 2. The van der Waals surface area contributed by atoms with E-state index in [0.717, 1.165) is 23.1 Å². The van der Waals surface area contributed by atoms with Crippen LogP contribution in [0.4, 0.5) is 5.69 Å². The number of benzene rings is 2. The van der Waals surface area contributed by atoms with E-state index < -0.39 is 0 Å². The molecule has 3 aromatic rings. The van der Waals surface area contributed by atoms with E-state index >= 15 is 0 Å². The molecule has 1 fully saturated rings. The monoisotopic (exact) mass is 493 g/mol. The van der Waals surface area contributed by atoms with Crippen LogP contribution in [0.15, 0.2) is 53.7 Å². The van der Waals surface area contributed by atoms with Gasteiger partial charge in [-0.2, -0.15) is 0 Å². The topological polar surface area (TPSA) is 98.6 Å². The highest BCUT2D eigenvalue weighted by Gasteiger charge is 2.28. The highest BCUT2D eigenvalue weighted by molar-refractivity contribution is 7.99. The number of anilines is 1. The van der Waals surface area contributed by atoms with Crippen molar-refractivity contribution in [2.75, 3.05) is 31.0 Å². The van der Waals surface area contributed by atoms with Gasteiger partial charge in [0.05, 0.1) is 5.75 Å². The molecule has 1 N–H and O–H groups in total. The van der Waals surface area contributed by atoms with Gasteiger partial charge in [0.1, 0.15) is 0 Å². The number of carbonyl (C=O) groups excluding carboxylic acids is 2. The molecule has 35 heavy (non-hydrogen) atoms. The summed E-state index contributed by atoms with van der Waals surface area (Å²) >= 11 is 1.40. The number of hydrogen-bond acceptors (Lipinski definition) is 7. The van der Waals surface area contributed by atoms with Gasteiger partial charge in [-0.3, -0.25) is 9.59 Å².